The zero-order valence-corrected chi connectivity index (χ0v) is 16.4. The highest BCUT2D eigenvalue weighted by atomic mass is 16.5. The monoisotopic (exact) mass is 384 g/mol. The van der Waals surface area contributed by atoms with Crippen molar-refractivity contribution in [3.63, 3.8) is 0 Å². The van der Waals surface area contributed by atoms with Crippen molar-refractivity contribution in [2.75, 3.05) is 20.8 Å². The number of ether oxygens (including phenoxy) is 4. The molecule has 3 rings (SSSR count). The van der Waals surface area contributed by atoms with Crippen molar-refractivity contribution in [3.8, 4) is 28.7 Å². The number of hydrogen-bond acceptors (Lipinski definition) is 6. The van der Waals surface area contributed by atoms with Crippen molar-refractivity contribution < 1.29 is 28.8 Å². The lowest BCUT2D eigenvalue weighted by molar-refractivity contribution is 0.0844. The van der Waals surface area contributed by atoms with E-state index in [1.165, 1.54) is 18.7 Å². The van der Waals surface area contributed by atoms with Crippen molar-refractivity contribution in [2.45, 2.75) is 26.4 Å². The zero-order valence-electron chi connectivity index (χ0n) is 16.4. The number of carbonyl (C=O) groups excluding carboxylic acids is 1. The van der Waals surface area contributed by atoms with Gasteiger partial charge in [-0.3, -0.25) is 4.79 Å². The third-order valence-corrected chi connectivity index (χ3v) is 4.50. The lowest BCUT2D eigenvalue weighted by Gasteiger charge is -2.27. The molecule has 1 aliphatic heterocycles. The van der Waals surface area contributed by atoms with Gasteiger partial charge in [0.2, 0.25) is 0 Å². The van der Waals surface area contributed by atoms with Crippen LogP contribution in [0.25, 0.3) is 0 Å². The Hall–Kier alpha value is -3.15. The van der Waals surface area contributed by atoms with E-state index in [4.69, 9.17) is 18.9 Å². The third kappa shape index (κ3) is 4.06. The number of allylic oxidation sites excluding steroid dienone is 1. The molecule has 2 aromatic carbocycles. The number of phenolic OH excluding ortho intramolecular Hbond substituents is 1. The summed E-state index contributed by atoms with van der Waals surface area (Å²) in [6.07, 6.45) is 1.60. The van der Waals surface area contributed by atoms with Crippen LogP contribution in [0.3, 0.4) is 0 Å². The van der Waals surface area contributed by atoms with E-state index in [1.807, 2.05) is 26.0 Å². The Morgan fingerprint density at radius 2 is 1.96 bits per heavy atom. The summed E-state index contributed by atoms with van der Waals surface area (Å²) in [6, 6.07) is 8.47. The van der Waals surface area contributed by atoms with Gasteiger partial charge in [0, 0.05) is 12.1 Å². The second-order valence-corrected chi connectivity index (χ2v) is 6.76. The molecule has 0 spiro atoms. The fourth-order valence-electron chi connectivity index (χ4n) is 3.02. The minimum atomic E-state index is -0.493. The Labute approximate surface area is 164 Å². The van der Waals surface area contributed by atoms with Gasteiger partial charge in [-0.05, 0) is 37.6 Å². The molecule has 1 N–H and O–H groups in total. The normalized spacial score (nSPS) is 15.3. The number of benzene rings is 2. The number of hydrogen-bond donors (Lipinski definition) is 1. The predicted octanol–water partition coefficient (Wildman–Crippen LogP) is 4.46. The van der Waals surface area contributed by atoms with E-state index in [9.17, 15) is 9.90 Å². The number of methoxy groups -OCH3 is 2. The van der Waals surface area contributed by atoms with Crippen LogP contribution >= 0.6 is 0 Å². The number of rotatable bonds is 6. The fraction of sp³-hybridized carbons (Fsp3) is 0.318. The number of carbonyl (C=O) groups is 1. The SMILES string of the molecule is COc1cc(O)c2c(c1)OC(c1ccc(OCC=C(C)C)c(OC)c1)CC2=O. The van der Waals surface area contributed by atoms with Gasteiger partial charge in [0.25, 0.3) is 0 Å². The second kappa shape index (κ2) is 8.25. The first kappa shape index (κ1) is 19.6. The highest BCUT2D eigenvalue weighted by molar-refractivity contribution is 6.02. The number of aromatic hydroxyl groups is 1. The maximum atomic E-state index is 12.6. The third-order valence-electron chi connectivity index (χ3n) is 4.50. The molecule has 0 aliphatic carbocycles. The molecule has 6 nitrogen and oxygen atoms in total. The van der Waals surface area contributed by atoms with Gasteiger partial charge in [0.15, 0.2) is 17.3 Å². The van der Waals surface area contributed by atoms with Gasteiger partial charge in [0.05, 0.1) is 20.6 Å². The molecule has 1 atom stereocenters. The molecule has 2 aromatic rings. The van der Waals surface area contributed by atoms with Crippen molar-refractivity contribution in [3.05, 3.63) is 53.1 Å². The molecular formula is C22H24O6. The van der Waals surface area contributed by atoms with Crippen LogP contribution in [-0.4, -0.2) is 31.7 Å². The molecule has 28 heavy (non-hydrogen) atoms. The van der Waals surface area contributed by atoms with Gasteiger partial charge in [-0.15, -0.1) is 0 Å². The van der Waals surface area contributed by atoms with Gasteiger partial charge >= 0.3 is 0 Å². The van der Waals surface area contributed by atoms with Crippen molar-refractivity contribution in [2.24, 2.45) is 0 Å². The number of ketones is 1. The summed E-state index contributed by atoms with van der Waals surface area (Å²) >= 11 is 0. The first-order valence-electron chi connectivity index (χ1n) is 8.98. The smallest absolute Gasteiger partial charge is 0.174 e. The Morgan fingerprint density at radius 1 is 1.18 bits per heavy atom. The van der Waals surface area contributed by atoms with Crippen molar-refractivity contribution >= 4 is 5.78 Å². The van der Waals surface area contributed by atoms with E-state index in [0.717, 1.165) is 5.56 Å². The first-order valence-corrected chi connectivity index (χ1v) is 8.98. The zero-order chi connectivity index (χ0) is 20.3. The maximum absolute atomic E-state index is 12.6. The molecule has 1 aliphatic rings. The Kier molecular flexibility index (Phi) is 5.78. The van der Waals surface area contributed by atoms with Gasteiger partial charge < -0.3 is 24.1 Å². The molecule has 148 valence electrons. The topological polar surface area (TPSA) is 74.2 Å². The average Bonchev–Trinajstić information content (AvgIpc) is 2.67. The van der Waals surface area contributed by atoms with E-state index in [0.29, 0.717) is 29.6 Å². The van der Waals surface area contributed by atoms with Gasteiger partial charge in [-0.2, -0.15) is 0 Å². The summed E-state index contributed by atoms with van der Waals surface area (Å²) in [4.78, 5) is 12.6. The molecule has 1 heterocycles. The Balaban J connectivity index is 1.87. The highest BCUT2D eigenvalue weighted by Crippen LogP contribution is 2.43. The lowest BCUT2D eigenvalue weighted by Crippen LogP contribution is -2.20. The molecular weight excluding hydrogens is 360 g/mol. The van der Waals surface area contributed by atoms with Crippen molar-refractivity contribution in [1.29, 1.82) is 0 Å². The lowest BCUT2D eigenvalue weighted by atomic mass is 9.95. The molecule has 0 saturated heterocycles. The van der Waals surface area contributed by atoms with Gasteiger partial charge in [0.1, 0.15) is 35.5 Å². The van der Waals surface area contributed by atoms with E-state index in [1.54, 1.807) is 25.3 Å². The maximum Gasteiger partial charge on any atom is 0.174 e. The minimum Gasteiger partial charge on any atom is -0.507 e. The summed E-state index contributed by atoms with van der Waals surface area (Å²) in [5.41, 5.74) is 2.14. The molecule has 0 bridgehead atoms. The number of phenols is 1. The summed E-state index contributed by atoms with van der Waals surface area (Å²) < 4.78 is 22.3. The highest BCUT2D eigenvalue weighted by Gasteiger charge is 2.31. The van der Waals surface area contributed by atoms with Gasteiger partial charge in [-0.25, -0.2) is 0 Å². The molecule has 0 aromatic heterocycles. The van der Waals surface area contributed by atoms with Crippen LogP contribution in [-0.2, 0) is 0 Å². The first-order chi connectivity index (χ1) is 13.4. The molecule has 0 fully saturated rings. The number of fused-ring (bicyclic) bond motifs is 1. The van der Waals surface area contributed by atoms with E-state index in [2.05, 4.69) is 0 Å². The molecule has 6 heteroatoms. The summed E-state index contributed by atoms with van der Waals surface area (Å²) in [5.74, 6) is 1.58. The van der Waals surface area contributed by atoms with Crippen LogP contribution in [0.1, 0.15) is 42.3 Å². The van der Waals surface area contributed by atoms with Crippen LogP contribution in [0.2, 0.25) is 0 Å². The summed E-state index contributed by atoms with van der Waals surface area (Å²) in [7, 11) is 3.06. The standard InChI is InChI=1S/C22H24O6/c1-13(2)7-8-27-18-6-5-14(9-20(18)26-4)19-12-17(24)22-16(23)10-15(25-3)11-21(22)28-19/h5-7,9-11,19,23H,8,12H2,1-4H3. The van der Waals surface area contributed by atoms with Crippen LogP contribution < -0.4 is 18.9 Å². The summed E-state index contributed by atoms with van der Waals surface area (Å²) in [5, 5.41) is 10.1. The van der Waals surface area contributed by atoms with Crippen LogP contribution in [0.4, 0.5) is 0 Å². The van der Waals surface area contributed by atoms with Crippen molar-refractivity contribution in [1.82, 2.24) is 0 Å². The van der Waals surface area contributed by atoms with Crippen LogP contribution in [0, 0.1) is 0 Å². The molecule has 1 unspecified atom stereocenters. The second-order valence-electron chi connectivity index (χ2n) is 6.76. The average molecular weight is 384 g/mol. The van der Waals surface area contributed by atoms with Crippen LogP contribution in [0.15, 0.2) is 42.0 Å². The van der Waals surface area contributed by atoms with E-state index >= 15 is 0 Å². The number of Topliss-reactive ketones (excluding diaryl/α,β-unsaturated/α-hetero) is 1. The van der Waals surface area contributed by atoms with E-state index < -0.39 is 6.10 Å². The van der Waals surface area contributed by atoms with Crippen LogP contribution in [0.5, 0.6) is 28.7 Å². The van der Waals surface area contributed by atoms with Gasteiger partial charge in [-0.1, -0.05) is 11.6 Å². The fourth-order valence-corrected chi connectivity index (χ4v) is 3.02. The largest absolute Gasteiger partial charge is 0.507 e. The predicted molar refractivity (Wildman–Crippen MR) is 105 cm³/mol. The van der Waals surface area contributed by atoms with E-state index in [-0.39, 0.29) is 23.5 Å². The Morgan fingerprint density at radius 3 is 2.64 bits per heavy atom. The molecule has 0 amide bonds. The minimum absolute atomic E-state index is 0.119. The molecule has 0 radical (unpaired) electrons. The molecule has 0 saturated carbocycles. The summed E-state index contributed by atoms with van der Waals surface area (Å²) in [6.45, 7) is 4.46. The Bertz CT molecular complexity index is 911. The quantitative estimate of drug-likeness (QED) is 0.741.